The van der Waals surface area contributed by atoms with Crippen LogP contribution in [0.5, 0.6) is 0 Å². The van der Waals surface area contributed by atoms with Crippen molar-refractivity contribution in [1.29, 1.82) is 5.26 Å². The average Bonchev–Trinajstić information content (AvgIpc) is 3.54. The molecule has 0 fully saturated rings. The first-order chi connectivity index (χ1) is 15.2. The molecule has 0 aliphatic carbocycles. The molecule has 150 valence electrons. The highest BCUT2D eigenvalue weighted by Gasteiger charge is 2.16. The second kappa shape index (κ2) is 7.61. The molecule has 2 aromatic carbocycles. The molecule has 0 saturated heterocycles. The Morgan fingerprint density at radius 1 is 1.16 bits per heavy atom. The zero-order valence-corrected chi connectivity index (χ0v) is 16.2. The number of rotatable bonds is 5. The topological polar surface area (TPSA) is 128 Å². The Bertz CT molecular complexity index is 1420. The molecule has 0 spiro atoms. The normalized spacial score (nSPS) is 10.8. The number of aromatic amines is 2. The summed E-state index contributed by atoms with van der Waals surface area (Å²) in [6.45, 7) is 0.491. The predicted octanol–water partition coefficient (Wildman–Crippen LogP) is 3.32. The molecule has 5 rings (SSSR count). The van der Waals surface area contributed by atoms with Gasteiger partial charge in [-0.05, 0) is 35.4 Å². The highest BCUT2D eigenvalue weighted by atomic mass is 16.2. The first-order valence-corrected chi connectivity index (χ1v) is 9.50. The van der Waals surface area contributed by atoms with Gasteiger partial charge in [-0.25, -0.2) is 0 Å². The van der Waals surface area contributed by atoms with E-state index in [0.29, 0.717) is 23.5 Å². The van der Waals surface area contributed by atoms with Gasteiger partial charge in [0, 0.05) is 23.3 Å². The number of fused-ring (bicyclic) bond motifs is 1. The summed E-state index contributed by atoms with van der Waals surface area (Å²) in [7, 11) is 0. The maximum atomic E-state index is 12.9. The summed E-state index contributed by atoms with van der Waals surface area (Å²) >= 11 is 0. The van der Waals surface area contributed by atoms with Gasteiger partial charge in [-0.2, -0.15) is 20.6 Å². The van der Waals surface area contributed by atoms with E-state index in [4.69, 9.17) is 5.26 Å². The van der Waals surface area contributed by atoms with Crippen LogP contribution in [0, 0.1) is 11.3 Å². The molecule has 5 aromatic rings. The number of amides is 1. The molecular formula is C22H16N8O. The minimum absolute atomic E-state index is 0.301. The molecule has 0 saturated carbocycles. The van der Waals surface area contributed by atoms with Crippen LogP contribution < -0.4 is 5.32 Å². The van der Waals surface area contributed by atoms with E-state index in [9.17, 15) is 4.79 Å². The molecule has 0 radical (unpaired) electrons. The van der Waals surface area contributed by atoms with E-state index >= 15 is 0 Å². The lowest BCUT2D eigenvalue weighted by atomic mass is 10.1. The van der Waals surface area contributed by atoms with Crippen molar-refractivity contribution < 1.29 is 4.79 Å². The van der Waals surface area contributed by atoms with Gasteiger partial charge in [0.2, 0.25) is 0 Å². The molecule has 3 heterocycles. The SMILES string of the molecule is N#Cc1cccc(Cn2cc(NC(=O)c3n[nH]c4ccc(-c5cn[nH]c5)cc34)cn2)c1. The molecule has 1 amide bonds. The summed E-state index contributed by atoms with van der Waals surface area (Å²) < 4.78 is 1.70. The largest absolute Gasteiger partial charge is 0.318 e. The maximum Gasteiger partial charge on any atom is 0.276 e. The van der Waals surface area contributed by atoms with Crippen LogP contribution in [0.15, 0.2) is 67.3 Å². The molecule has 0 unspecified atom stereocenters. The average molecular weight is 408 g/mol. The van der Waals surface area contributed by atoms with Gasteiger partial charge in [-0.15, -0.1) is 0 Å². The number of carbonyl (C=O) groups is 1. The van der Waals surface area contributed by atoms with E-state index in [1.165, 1.54) is 0 Å². The van der Waals surface area contributed by atoms with E-state index in [-0.39, 0.29) is 5.91 Å². The Kier molecular flexibility index (Phi) is 4.50. The van der Waals surface area contributed by atoms with Crippen molar-refractivity contribution in [2.75, 3.05) is 5.32 Å². The molecule has 3 aromatic heterocycles. The predicted molar refractivity (Wildman–Crippen MR) is 114 cm³/mol. The summed E-state index contributed by atoms with van der Waals surface area (Å²) in [6, 6.07) is 15.2. The van der Waals surface area contributed by atoms with Crippen LogP contribution in [0.3, 0.4) is 0 Å². The van der Waals surface area contributed by atoms with E-state index in [0.717, 1.165) is 27.6 Å². The fourth-order valence-electron chi connectivity index (χ4n) is 3.41. The molecule has 9 nitrogen and oxygen atoms in total. The number of nitriles is 1. The molecule has 31 heavy (non-hydrogen) atoms. The number of aromatic nitrogens is 6. The van der Waals surface area contributed by atoms with Crippen molar-refractivity contribution in [3.63, 3.8) is 0 Å². The Morgan fingerprint density at radius 3 is 2.94 bits per heavy atom. The Hall–Kier alpha value is -4.71. The van der Waals surface area contributed by atoms with Crippen LogP contribution in [0.4, 0.5) is 5.69 Å². The monoisotopic (exact) mass is 408 g/mol. The Labute approximate surface area is 176 Å². The van der Waals surface area contributed by atoms with Crippen molar-refractivity contribution >= 4 is 22.5 Å². The number of anilines is 1. The molecule has 0 aliphatic heterocycles. The molecule has 0 bridgehead atoms. The zero-order chi connectivity index (χ0) is 21.2. The van der Waals surface area contributed by atoms with E-state index in [2.05, 4.69) is 36.9 Å². The zero-order valence-electron chi connectivity index (χ0n) is 16.2. The lowest BCUT2D eigenvalue weighted by molar-refractivity contribution is 0.102. The fraction of sp³-hybridized carbons (Fsp3) is 0.0455. The number of H-pyrrole nitrogens is 2. The van der Waals surface area contributed by atoms with Gasteiger partial charge in [0.1, 0.15) is 0 Å². The highest BCUT2D eigenvalue weighted by Crippen LogP contribution is 2.25. The highest BCUT2D eigenvalue weighted by molar-refractivity contribution is 6.11. The summed E-state index contributed by atoms with van der Waals surface area (Å²) in [5, 5.41) is 30.7. The maximum absolute atomic E-state index is 12.9. The fourth-order valence-corrected chi connectivity index (χ4v) is 3.41. The number of nitrogens with zero attached hydrogens (tertiary/aromatic N) is 5. The summed E-state index contributed by atoms with van der Waals surface area (Å²) in [4.78, 5) is 12.9. The van der Waals surface area contributed by atoms with Crippen molar-refractivity contribution in [2.45, 2.75) is 6.54 Å². The van der Waals surface area contributed by atoms with Crippen LogP contribution >= 0.6 is 0 Å². The number of hydrogen-bond donors (Lipinski definition) is 3. The van der Waals surface area contributed by atoms with Crippen LogP contribution in [0.25, 0.3) is 22.0 Å². The van der Waals surface area contributed by atoms with Crippen LogP contribution in [0.2, 0.25) is 0 Å². The number of hydrogen-bond acceptors (Lipinski definition) is 5. The molecule has 0 atom stereocenters. The standard InChI is InChI=1S/C22H16N8O/c23-8-14-2-1-3-15(6-14)12-30-13-18(11-26-30)27-22(31)21-19-7-16(17-9-24-25-10-17)4-5-20(19)28-29-21/h1-7,9-11,13H,12H2,(H,24,25)(H,27,31)(H,28,29). The first-order valence-electron chi connectivity index (χ1n) is 9.50. The van der Waals surface area contributed by atoms with Gasteiger partial charge < -0.3 is 5.32 Å². The summed E-state index contributed by atoms with van der Waals surface area (Å²) in [5.41, 5.74) is 5.03. The van der Waals surface area contributed by atoms with Crippen LogP contribution in [-0.4, -0.2) is 36.1 Å². The number of nitrogens with one attached hydrogen (secondary N) is 3. The van der Waals surface area contributed by atoms with Crippen molar-refractivity contribution in [3.8, 4) is 17.2 Å². The Morgan fingerprint density at radius 2 is 2.10 bits per heavy atom. The summed E-state index contributed by atoms with van der Waals surface area (Å²) in [6.07, 6.45) is 6.84. The lowest BCUT2D eigenvalue weighted by Crippen LogP contribution is -2.12. The van der Waals surface area contributed by atoms with Gasteiger partial charge in [-0.1, -0.05) is 18.2 Å². The second-order valence-electron chi connectivity index (χ2n) is 7.01. The third-order valence-corrected chi connectivity index (χ3v) is 4.90. The van der Waals surface area contributed by atoms with Gasteiger partial charge in [0.15, 0.2) is 5.69 Å². The van der Waals surface area contributed by atoms with E-state index in [1.54, 1.807) is 35.5 Å². The smallest absolute Gasteiger partial charge is 0.276 e. The lowest BCUT2D eigenvalue weighted by Gasteiger charge is -2.03. The van der Waals surface area contributed by atoms with E-state index < -0.39 is 0 Å². The number of benzene rings is 2. The van der Waals surface area contributed by atoms with Gasteiger partial charge in [-0.3, -0.25) is 19.7 Å². The van der Waals surface area contributed by atoms with Crippen LogP contribution in [-0.2, 0) is 6.54 Å². The van der Waals surface area contributed by atoms with Crippen molar-refractivity contribution in [1.82, 2.24) is 30.2 Å². The minimum atomic E-state index is -0.332. The van der Waals surface area contributed by atoms with Crippen molar-refractivity contribution in [2.24, 2.45) is 0 Å². The second-order valence-corrected chi connectivity index (χ2v) is 7.01. The minimum Gasteiger partial charge on any atom is -0.318 e. The van der Waals surface area contributed by atoms with Crippen molar-refractivity contribution in [3.05, 3.63) is 84.1 Å². The van der Waals surface area contributed by atoms with Gasteiger partial charge >= 0.3 is 0 Å². The summed E-state index contributed by atoms with van der Waals surface area (Å²) in [5.74, 6) is -0.332. The number of carbonyl (C=O) groups excluding carboxylic acids is 1. The third-order valence-electron chi connectivity index (χ3n) is 4.90. The molecule has 9 heteroatoms. The first kappa shape index (κ1) is 18.3. The van der Waals surface area contributed by atoms with Gasteiger partial charge in [0.25, 0.3) is 5.91 Å². The van der Waals surface area contributed by atoms with E-state index in [1.807, 2.05) is 36.4 Å². The third kappa shape index (κ3) is 3.65. The molecule has 3 N–H and O–H groups in total. The van der Waals surface area contributed by atoms with Crippen LogP contribution in [0.1, 0.15) is 21.6 Å². The molecule has 0 aliphatic rings. The quantitative estimate of drug-likeness (QED) is 0.411. The van der Waals surface area contributed by atoms with Gasteiger partial charge in [0.05, 0.1) is 41.8 Å². The Balaban J connectivity index is 1.35. The molecular weight excluding hydrogens is 392 g/mol.